The monoisotopic (exact) mass is 297 g/mol. The molecule has 0 amide bonds. The number of unbranched alkanes of at least 4 members (excludes halogenated alkanes) is 1. The molecule has 0 saturated heterocycles. The molecule has 1 N–H and O–H groups in total. The zero-order chi connectivity index (χ0) is 15.7. The Kier molecular flexibility index (Phi) is 8.89. The van der Waals surface area contributed by atoms with Crippen LogP contribution in [0.2, 0.25) is 0 Å². The lowest BCUT2D eigenvalue weighted by Gasteiger charge is -2.56. The van der Waals surface area contributed by atoms with Gasteiger partial charge in [0.2, 0.25) is 0 Å². The largest absolute Gasteiger partial charge is 0.377 e. The molecule has 0 aromatic carbocycles. The van der Waals surface area contributed by atoms with Crippen molar-refractivity contribution in [2.24, 2.45) is 11.3 Å². The molecule has 2 heteroatoms. The molecule has 1 saturated carbocycles. The summed E-state index contributed by atoms with van der Waals surface area (Å²) in [4.78, 5) is 0. The van der Waals surface area contributed by atoms with Crippen molar-refractivity contribution >= 4 is 0 Å². The first-order valence-electron chi connectivity index (χ1n) is 9.53. The van der Waals surface area contributed by atoms with Crippen molar-refractivity contribution in [1.82, 2.24) is 5.32 Å². The van der Waals surface area contributed by atoms with E-state index in [2.05, 4.69) is 39.9 Å². The highest BCUT2D eigenvalue weighted by Crippen LogP contribution is 2.49. The maximum atomic E-state index is 6.40. The summed E-state index contributed by atoms with van der Waals surface area (Å²) >= 11 is 0. The van der Waals surface area contributed by atoms with Gasteiger partial charge < -0.3 is 10.1 Å². The van der Waals surface area contributed by atoms with Crippen LogP contribution in [0.3, 0.4) is 0 Å². The minimum Gasteiger partial charge on any atom is -0.377 e. The highest BCUT2D eigenvalue weighted by Gasteiger charge is 2.52. The van der Waals surface area contributed by atoms with Crippen molar-refractivity contribution in [3.63, 3.8) is 0 Å². The molecule has 3 atom stereocenters. The molecule has 21 heavy (non-hydrogen) atoms. The zero-order valence-corrected chi connectivity index (χ0v) is 15.2. The second-order valence-corrected chi connectivity index (χ2v) is 6.92. The van der Waals surface area contributed by atoms with Crippen LogP contribution >= 0.6 is 0 Å². The van der Waals surface area contributed by atoms with Gasteiger partial charge in [0.05, 0.1) is 6.10 Å². The molecule has 0 aromatic heterocycles. The van der Waals surface area contributed by atoms with Gasteiger partial charge in [-0.15, -0.1) is 0 Å². The van der Waals surface area contributed by atoms with Crippen LogP contribution in [-0.4, -0.2) is 25.3 Å². The van der Waals surface area contributed by atoms with Gasteiger partial charge in [-0.25, -0.2) is 0 Å². The summed E-state index contributed by atoms with van der Waals surface area (Å²) in [6.07, 6.45) is 10.6. The Labute approximate surface area is 133 Å². The number of hydrogen-bond acceptors (Lipinski definition) is 2. The third-order valence-corrected chi connectivity index (χ3v) is 5.82. The van der Waals surface area contributed by atoms with E-state index in [0.29, 0.717) is 17.6 Å². The molecule has 0 aliphatic heterocycles. The molecule has 1 rings (SSSR count). The lowest BCUT2D eigenvalue weighted by atomic mass is 9.58. The molecular weight excluding hydrogens is 258 g/mol. The van der Waals surface area contributed by atoms with Gasteiger partial charge in [-0.3, -0.25) is 0 Å². The fraction of sp³-hybridized carbons (Fsp3) is 1.00. The Bertz CT molecular complexity index is 262. The molecule has 1 aliphatic carbocycles. The fourth-order valence-corrected chi connectivity index (χ4v) is 3.94. The lowest BCUT2D eigenvalue weighted by molar-refractivity contribution is -0.148. The summed E-state index contributed by atoms with van der Waals surface area (Å²) in [6.45, 7) is 13.6. The highest BCUT2D eigenvalue weighted by atomic mass is 16.5. The third kappa shape index (κ3) is 4.69. The summed E-state index contributed by atoms with van der Waals surface area (Å²) < 4.78 is 6.40. The molecule has 0 spiro atoms. The van der Waals surface area contributed by atoms with E-state index in [1.54, 1.807) is 0 Å². The topological polar surface area (TPSA) is 21.3 Å². The van der Waals surface area contributed by atoms with Gasteiger partial charge in [0.15, 0.2) is 0 Å². The molecule has 126 valence electrons. The highest BCUT2D eigenvalue weighted by molar-refractivity contribution is 5.06. The van der Waals surface area contributed by atoms with E-state index in [-0.39, 0.29) is 0 Å². The lowest BCUT2D eigenvalue weighted by Crippen LogP contribution is -2.63. The van der Waals surface area contributed by atoms with Crippen molar-refractivity contribution in [2.45, 2.75) is 98.1 Å². The molecule has 0 bridgehead atoms. The first-order chi connectivity index (χ1) is 10.2. The summed E-state index contributed by atoms with van der Waals surface area (Å²) in [5.41, 5.74) is 0.387. The van der Waals surface area contributed by atoms with Gasteiger partial charge in [0.1, 0.15) is 0 Å². The average Bonchev–Trinajstić information content (AvgIpc) is 2.50. The van der Waals surface area contributed by atoms with E-state index in [1.807, 2.05) is 0 Å². The molecule has 1 fully saturated rings. The Hall–Kier alpha value is -0.0800. The van der Waals surface area contributed by atoms with Crippen LogP contribution in [0.5, 0.6) is 0 Å². The number of hydrogen-bond donors (Lipinski definition) is 1. The molecule has 0 heterocycles. The molecule has 1 aliphatic rings. The Morgan fingerprint density at radius 3 is 2.33 bits per heavy atom. The smallest absolute Gasteiger partial charge is 0.0661 e. The number of rotatable bonds is 12. The predicted octanol–water partition coefficient (Wildman–Crippen LogP) is 5.17. The summed E-state index contributed by atoms with van der Waals surface area (Å²) in [5, 5.41) is 3.75. The number of ether oxygens (including phenoxy) is 1. The van der Waals surface area contributed by atoms with E-state index >= 15 is 0 Å². The van der Waals surface area contributed by atoms with Crippen LogP contribution in [0.4, 0.5) is 0 Å². The number of nitrogens with one attached hydrogen (secondary N) is 1. The van der Waals surface area contributed by atoms with Crippen molar-refractivity contribution < 1.29 is 4.74 Å². The quantitative estimate of drug-likeness (QED) is 0.537. The van der Waals surface area contributed by atoms with Crippen LogP contribution in [0.15, 0.2) is 0 Å². The maximum Gasteiger partial charge on any atom is 0.0661 e. The molecule has 2 nitrogen and oxygen atoms in total. The second-order valence-electron chi connectivity index (χ2n) is 6.92. The zero-order valence-electron chi connectivity index (χ0n) is 15.2. The van der Waals surface area contributed by atoms with Crippen molar-refractivity contribution in [3.8, 4) is 0 Å². The normalized spacial score (nSPS) is 25.6. The van der Waals surface area contributed by atoms with Crippen LogP contribution < -0.4 is 5.32 Å². The summed E-state index contributed by atoms with van der Waals surface area (Å²) in [7, 11) is 0. The SMILES string of the molecule is CCCCC(CC)COC1CC(NCCC)C1(CC)CC. The van der Waals surface area contributed by atoms with E-state index in [4.69, 9.17) is 4.74 Å². The van der Waals surface area contributed by atoms with E-state index in [9.17, 15) is 0 Å². The molecular formula is C19H39NO. The van der Waals surface area contributed by atoms with Crippen molar-refractivity contribution in [1.29, 1.82) is 0 Å². The molecule has 3 unspecified atom stereocenters. The minimum absolute atomic E-state index is 0.387. The third-order valence-electron chi connectivity index (χ3n) is 5.82. The van der Waals surface area contributed by atoms with Gasteiger partial charge in [-0.1, -0.05) is 53.9 Å². The van der Waals surface area contributed by atoms with Gasteiger partial charge in [0.25, 0.3) is 0 Å². The van der Waals surface area contributed by atoms with E-state index in [0.717, 1.165) is 19.1 Å². The first-order valence-corrected chi connectivity index (χ1v) is 9.53. The average molecular weight is 298 g/mol. The van der Waals surface area contributed by atoms with Gasteiger partial charge >= 0.3 is 0 Å². The Morgan fingerprint density at radius 2 is 1.81 bits per heavy atom. The molecule has 0 aromatic rings. The Balaban J connectivity index is 2.47. The van der Waals surface area contributed by atoms with Gasteiger partial charge in [-0.05, 0) is 44.6 Å². The van der Waals surface area contributed by atoms with Crippen LogP contribution in [0.25, 0.3) is 0 Å². The van der Waals surface area contributed by atoms with Crippen LogP contribution in [-0.2, 0) is 4.74 Å². The minimum atomic E-state index is 0.387. The van der Waals surface area contributed by atoms with Gasteiger partial charge in [-0.2, -0.15) is 0 Å². The van der Waals surface area contributed by atoms with E-state index in [1.165, 1.54) is 51.4 Å². The second kappa shape index (κ2) is 9.84. The summed E-state index contributed by atoms with van der Waals surface area (Å²) in [5.74, 6) is 0.763. The maximum absolute atomic E-state index is 6.40. The van der Waals surface area contributed by atoms with Crippen molar-refractivity contribution in [2.75, 3.05) is 13.2 Å². The van der Waals surface area contributed by atoms with E-state index < -0.39 is 0 Å². The summed E-state index contributed by atoms with van der Waals surface area (Å²) in [6, 6.07) is 0.674. The van der Waals surface area contributed by atoms with Gasteiger partial charge in [0, 0.05) is 18.1 Å². The van der Waals surface area contributed by atoms with Crippen molar-refractivity contribution in [3.05, 3.63) is 0 Å². The fourth-order valence-electron chi connectivity index (χ4n) is 3.94. The predicted molar refractivity (Wildman–Crippen MR) is 92.8 cm³/mol. The first kappa shape index (κ1) is 19.0. The van der Waals surface area contributed by atoms with Crippen LogP contribution in [0, 0.1) is 11.3 Å². The standard InChI is InChI=1S/C19H39NO/c1-6-11-12-16(8-3)15-21-18-14-17(20-13-7-2)19(18,9-4)10-5/h16-18,20H,6-15H2,1-5H3. The Morgan fingerprint density at radius 1 is 1.10 bits per heavy atom. The molecule has 0 radical (unpaired) electrons. The van der Waals surface area contributed by atoms with Crippen LogP contribution in [0.1, 0.15) is 86.0 Å².